The summed E-state index contributed by atoms with van der Waals surface area (Å²) in [7, 11) is 1.65. The van der Waals surface area contributed by atoms with Crippen molar-refractivity contribution in [2.45, 2.75) is 25.9 Å². The maximum atomic E-state index is 12.6. The number of ether oxygens (including phenoxy) is 1. The molecule has 4 nitrogen and oxygen atoms in total. The number of piperidine rings is 1. The molecule has 0 unspecified atom stereocenters. The molecule has 1 aromatic carbocycles. The highest BCUT2D eigenvalue weighted by molar-refractivity contribution is 7.14. The van der Waals surface area contributed by atoms with Crippen molar-refractivity contribution in [1.29, 1.82) is 0 Å². The molecule has 23 heavy (non-hydrogen) atoms. The number of thiophene rings is 1. The second kappa shape index (κ2) is 6.72. The lowest BCUT2D eigenvalue weighted by atomic mass is 10.1. The van der Waals surface area contributed by atoms with Gasteiger partial charge in [-0.1, -0.05) is 12.1 Å². The number of carbonyl (C=O) groups excluding carboxylic acids is 1. The predicted octanol–water partition coefficient (Wildman–Crippen LogP) is 3.33. The zero-order valence-corrected chi connectivity index (χ0v) is 14.2. The average molecular weight is 331 g/mol. The maximum absolute atomic E-state index is 12.6. The lowest BCUT2D eigenvalue weighted by Crippen LogP contribution is -2.39. The van der Waals surface area contributed by atoms with Crippen LogP contribution >= 0.6 is 11.3 Å². The SMILES string of the molecule is COc1ccc(-c2cc(C(=O)N3CCC(O)CC3)sc2C)cc1. The Morgan fingerprint density at radius 2 is 1.91 bits per heavy atom. The normalized spacial score (nSPS) is 15.7. The highest BCUT2D eigenvalue weighted by atomic mass is 32.1. The molecule has 1 fully saturated rings. The summed E-state index contributed by atoms with van der Waals surface area (Å²) in [6.07, 6.45) is 1.07. The van der Waals surface area contributed by atoms with Crippen LogP contribution in [0.3, 0.4) is 0 Å². The maximum Gasteiger partial charge on any atom is 0.263 e. The molecule has 2 heterocycles. The molecule has 2 aromatic rings. The number of aryl methyl sites for hydroxylation is 1. The first-order chi connectivity index (χ1) is 11.1. The van der Waals surface area contributed by atoms with E-state index < -0.39 is 0 Å². The van der Waals surface area contributed by atoms with E-state index in [1.807, 2.05) is 42.2 Å². The van der Waals surface area contributed by atoms with Crippen molar-refractivity contribution in [3.63, 3.8) is 0 Å². The number of amides is 1. The Balaban J connectivity index is 1.81. The fourth-order valence-electron chi connectivity index (χ4n) is 2.87. The lowest BCUT2D eigenvalue weighted by molar-refractivity contribution is 0.0550. The molecule has 0 aliphatic carbocycles. The van der Waals surface area contributed by atoms with Gasteiger partial charge >= 0.3 is 0 Å². The van der Waals surface area contributed by atoms with Crippen LogP contribution in [0.25, 0.3) is 11.1 Å². The number of rotatable bonds is 3. The van der Waals surface area contributed by atoms with Crippen LogP contribution in [-0.4, -0.2) is 42.2 Å². The molecule has 1 saturated heterocycles. The number of hydrogen-bond donors (Lipinski definition) is 1. The summed E-state index contributed by atoms with van der Waals surface area (Å²) >= 11 is 1.54. The van der Waals surface area contributed by atoms with E-state index in [1.54, 1.807) is 7.11 Å². The zero-order chi connectivity index (χ0) is 16.4. The van der Waals surface area contributed by atoms with E-state index in [-0.39, 0.29) is 12.0 Å². The molecule has 1 aliphatic rings. The van der Waals surface area contributed by atoms with Crippen LogP contribution in [0.5, 0.6) is 5.75 Å². The molecule has 0 atom stereocenters. The number of benzene rings is 1. The minimum atomic E-state index is -0.265. The van der Waals surface area contributed by atoms with E-state index in [2.05, 4.69) is 0 Å². The monoisotopic (exact) mass is 331 g/mol. The summed E-state index contributed by atoms with van der Waals surface area (Å²) in [4.78, 5) is 16.4. The molecule has 0 spiro atoms. The van der Waals surface area contributed by atoms with Gasteiger partial charge in [0.15, 0.2) is 0 Å². The minimum absolute atomic E-state index is 0.0739. The number of aliphatic hydroxyl groups is 1. The van der Waals surface area contributed by atoms with E-state index in [0.29, 0.717) is 25.9 Å². The smallest absolute Gasteiger partial charge is 0.263 e. The summed E-state index contributed by atoms with van der Waals surface area (Å²) in [5.41, 5.74) is 2.19. The Kier molecular flexibility index (Phi) is 4.68. The molecule has 0 bridgehead atoms. The van der Waals surface area contributed by atoms with Crippen molar-refractivity contribution in [2.75, 3.05) is 20.2 Å². The summed E-state index contributed by atoms with van der Waals surface area (Å²) in [5, 5.41) is 9.57. The summed E-state index contributed by atoms with van der Waals surface area (Å²) in [6.45, 7) is 3.31. The second-order valence-electron chi connectivity index (χ2n) is 5.83. The second-order valence-corrected chi connectivity index (χ2v) is 7.09. The van der Waals surface area contributed by atoms with Crippen LogP contribution in [0.2, 0.25) is 0 Å². The van der Waals surface area contributed by atoms with Crippen molar-refractivity contribution in [2.24, 2.45) is 0 Å². The molecule has 5 heteroatoms. The first-order valence-electron chi connectivity index (χ1n) is 7.80. The molecule has 3 rings (SSSR count). The van der Waals surface area contributed by atoms with Crippen LogP contribution in [0.1, 0.15) is 27.4 Å². The van der Waals surface area contributed by atoms with Crippen molar-refractivity contribution < 1.29 is 14.6 Å². The Labute approximate surface area is 140 Å². The van der Waals surface area contributed by atoms with E-state index in [4.69, 9.17) is 4.74 Å². The molecule has 122 valence electrons. The number of methoxy groups -OCH3 is 1. The molecule has 1 amide bonds. The number of likely N-dealkylation sites (tertiary alicyclic amines) is 1. The third-order valence-electron chi connectivity index (χ3n) is 4.28. The van der Waals surface area contributed by atoms with Crippen LogP contribution in [0.15, 0.2) is 30.3 Å². The van der Waals surface area contributed by atoms with Crippen molar-refractivity contribution >= 4 is 17.2 Å². The molecule has 0 saturated carbocycles. The average Bonchev–Trinajstić information content (AvgIpc) is 2.97. The van der Waals surface area contributed by atoms with Crippen LogP contribution < -0.4 is 4.74 Å². The number of hydrogen-bond acceptors (Lipinski definition) is 4. The first kappa shape index (κ1) is 16.0. The molecular formula is C18H21NO3S. The van der Waals surface area contributed by atoms with Crippen LogP contribution in [0.4, 0.5) is 0 Å². The van der Waals surface area contributed by atoms with Gasteiger partial charge < -0.3 is 14.7 Å². The van der Waals surface area contributed by atoms with Gasteiger partial charge in [0, 0.05) is 18.0 Å². The lowest BCUT2D eigenvalue weighted by Gasteiger charge is -2.29. The van der Waals surface area contributed by atoms with Gasteiger partial charge in [0.25, 0.3) is 5.91 Å². The summed E-state index contributed by atoms with van der Waals surface area (Å²) in [6, 6.07) is 9.87. The van der Waals surface area contributed by atoms with Crippen LogP contribution in [0, 0.1) is 6.92 Å². The highest BCUT2D eigenvalue weighted by Gasteiger charge is 2.24. The summed E-state index contributed by atoms with van der Waals surface area (Å²) < 4.78 is 5.19. The van der Waals surface area contributed by atoms with Gasteiger partial charge in [-0.3, -0.25) is 4.79 Å². The third kappa shape index (κ3) is 3.41. The van der Waals surface area contributed by atoms with E-state index in [9.17, 15) is 9.90 Å². The van der Waals surface area contributed by atoms with Gasteiger partial charge in [0.2, 0.25) is 0 Å². The predicted molar refractivity (Wildman–Crippen MR) is 92.2 cm³/mol. The topological polar surface area (TPSA) is 49.8 Å². The summed E-state index contributed by atoms with van der Waals surface area (Å²) in [5.74, 6) is 0.898. The van der Waals surface area contributed by atoms with E-state index in [0.717, 1.165) is 26.6 Å². The Morgan fingerprint density at radius 1 is 1.26 bits per heavy atom. The first-order valence-corrected chi connectivity index (χ1v) is 8.62. The van der Waals surface area contributed by atoms with Gasteiger partial charge in [-0.25, -0.2) is 0 Å². The Morgan fingerprint density at radius 3 is 2.52 bits per heavy atom. The molecule has 1 N–H and O–H groups in total. The molecule has 1 aliphatic heterocycles. The Hall–Kier alpha value is -1.85. The molecule has 1 aromatic heterocycles. The van der Waals surface area contributed by atoms with E-state index >= 15 is 0 Å². The fourth-order valence-corrected chi connectivity index (χ4v) is 3.88. The van der Waals surface area contributed by atoms with Crippen molar-refractivity contribution in [3.8, 4) is 16.9 Å². The van der Waals surface area contributed by atoms with Crippen molar-refractivity contribution in [3.05, 3.63) is 40.1 Å². The number of aliphatic hydroxyl groups excluding tert-OH is 1. The minimum Gasteiger partial charge on any atom is -0.497 e. The zero-order valence-electron chi connectivity index (χ0n) is 13.4. The van der Waals surface area contributed by atoms with Gasteiger partial charge in [0.05, 0.1) is 18.1 Å². The molecular weight excluding hydrogens is 310 g/mol. The number of carbonyl (C=O) groups is 1. The van der Waals surface area contributed by atoms with E-state index in [1.165, 1.54) is 11.3 Å². The highest BCUT2D eigenvalue weighted by Crippen LogP contribution is 2.33. The van der Waals surface area contributed by atoms with Gasteiger partial charge in [-0.15, -0.1) is 11.3 Å². The van der Waals surface area contributed by atoms with Gasteiger partial charge in [0.1, 0.15) is 5.75 Å². The van der Waals surface area contributed by atoms with Crippen molar-refractivity contribution in [1.82, 2.24) is 4.90 Å². The quantitative estimate of drug-likeness (QED) is 0.938. The van der Waals surface area contributed by atoms with Gasteiger partial charge in [-0.05, 0) is 49.1 Å². The number of nitrogens with zero attached hydrogens (tertiary/aromatic N) is 1. The van der Waals surface area contributed by atoms with Crippen LogP contribution in [-0.2, 0) is 0 Å². The fraction of sp³-hybridized carbons (Fsp3) is 0.389. The standard InChI is InChI=1S/C18H21NO3S/c1-12-16(13-3-5-15(22-2)6-4-13)11-17(23-12)18(21)19-9-7-14(20)8-10-19/h3-6,11,14,20H,7-10H2,1-2H3. The molecule has 0 radical (unpaired) electrons. The largest absolute Gasteiger partial charge is 0.497 e. The van der Waals surface area contributed by atoms with Gasteiger partial charge in [-0.2, -0.15) is 0 Å². The third-order valence-corrected chi connectivity index (χ3v) is 5.32. The Bertz CT molecular complexity index is 685.